The predicted octanol–water partition coefficient (Wildman–Crippen LogP) is 1.67. The molecule has 1 fully saturated rings. The fraction of sp³-hybridized carbons (Fsp3) is 0.562. The van der Waals surface area contributed by atoms with E-state index in [-0.39, 0.29) is 12.5 Å². The number of carbonyl (C=O) groups excluding carboxylic acids is 1. The second kappa shape index (κ2) is 7.88. The molecule has 1 saturated heterocycles. The van der Waals surface area contributed by atoms with E-state index in [4.69, 9.17) is 9.47 Å². The van der Waals surface area contributed by atoms with Crippen molar-refractivity contribution in [2.45, 2.75) is 25.8 Å². The van der Waals surface area contributed by atoms with E-state index >= 15 is 0 Å². The number of piperidine rings is 1. The molecule has 0 atom stereocenters. The molecule has 0 spiro atoms. The Bertz CT molecular complexity index is 459. The molecular formula is C16H24N2O3. The lowest BCUT2D eigenvalue weighted by Gasteiger charge is -2.31. The van der Waals surface area contributed by atoms with Crippen LogP contribution in [0, 0.1) is 0 Å². The molecule has 1 aromatic rings. The second-order valence-corrected chi connectivity index (χ2v) is 5.15. The van der Waals surface area contributed by atoms with Crippen molar-refractivity contribution in [2.75, 3.05) is 33.4 Å². The molecule has 1 aliphatic heterocycles. The van der Waals surface area contributed by atoms with Gasteiger partial charge in [-0.3, -0.25) is 4.79 Å². The van der Waals surface area contributed by atoms with Gasteiger partial charge in [-0.05, 0) is 45.0 Å². The molecule has 5 heteroatoms. The molecule has 0 aliphatic carbocycles. The van der Waals surface area contributed by atoms with E-state index in [0.29, 0.717) is 24.1 Å². The molecular weight excluding hydrogens is 268 g/mol. The topological polar surface area (TPSA) is 50.8 Å². The number of hydrogen-bond donors (Lipinski definition) is 1. The number of ether oxygens (including phenoxy) is 2. The van der Waals surface area contributed by atoms with Gasteiger partial charge in [0.15, 0.2) is 18.1 Å². The molecule has 1 N–H and O–H groups in total. The summed E-state index contributed by atoms with van der Waals surface area (Å²) in [4.78, 5) is 14.0. The van der Waals surface area contributed by atoms with Crippen LogP contribution in [-0.4, -0.2) is 50.2 Å². The Hall–Kier alpha value is -1.75. The fourth-order valence-electron chi connectivity index (χ4n) is 2.48. The maximum Gasteiger partial charge on any atom is 0.260 e. The van der Waals surface area contributed by atoms with E-state index in [0.717, 1.165) is 25.9 Å². The Morgan fingerprint density at radius 2 is 1.86 bits per heavy atom. The summed E-state index contributed by atoms with van der Waals surface area (Å²) < 4.78 is 11.1. The first kappa shape index (κ1) is 15.6. The zero-order valence-electron chi connectivity index (χ0n) is 12.8. The van der Waals surface area contributed by atoms with Gasteiger partial charge < -0.3 is 19.7 Å². The van der Waals surface area contributed by atoms with E-state index in [1.54, 1.807) is 0 Å². The predicted molar refractivity (Wildman–Crippen MR) is 81.8 cm³/mol. The van der Waals surface area contributed by atoms with Crippen molar-refractivity contribution in [2.24, 2.45) is 0 Å². The Morgan fingerprint density at radius 3 is 2.48 bits per heavy atom. The number of benzene rings is 1. The molecule has 5 nitrogen and oxygen atoms in total. The Morgan fingerprint density at radius 1 is 1.24 bits per heavy atom. The van der Waals surface area contributed by atoms with E-state index in [1.165, 1.54) is 0 Å². The number of nitrogens with zero attached hydrogens (tertiary/aromatic N) is 1. The first-order valence-electron chi connectivity index (χ1n) is 7.53. The van der Waals surface area contributed by atoms with Crippen LogP contribution >= 0.6 is 0 Å². The zero-order valence-corrected chi connectivity index (χ0v) is 12.8. The third-order valence-electron chi connectivity index (χ3n) is 3.75. The smallest absolute Gasteiger partial charge is 0.260 e. The average Bonchev–Trinajstić information content (AvgIpc) is 2.54. The van der Waals surface area contributed by atoms with Crippen LogP contribution in [0.25, 0.3) is 0 Å². The van der Waals surface area contributed by atoms with E-state index in [1.807, 2.05) is 43.1 Å². The van der Waals surface area contributed by atoms with Gasteiger partial charge in [0.1, 0.15) is 0 Å². The van der Waals surface area contributed by atoms with Crippen molar-refractivity contribution in [3.8, 4) is 11.5 Å². The Labute approximate surface area is 126 Å². The SMILES string of the molecule is CCOc1ccccc1OCC(=O)N(C)C1CCNCC1. The van der Waals surface area contributed by atoms with Crippen LogP contribution in [0.3, 0.4) is 0 Å². The molecule has 2 rings (SSSR count). The van der Waals surface area contributed by atoms with E-state index in [2.05, 4.69) is 5.32 Å². The molecule has 1 aromatic carbocycles. The highest BCUT2D eigenvalue weighted by molar-refractivity contribution is 5.78. The molecule has 1 aliphatic rings. The summed E-state index contributed by atoms with van der Waals surface area (Å²) in [5.74, 6) is 1.30. The van der Waals surface area contributed by atoms with Gasteiger partial charge in [0.25, 0.3) is 5.91 Å². The third-order valence-corrected chi connectivity index (χ3v) is 3.75. The molecule has 21 heavy (non-hydrogen) atoms. The zero-order chi connectivity index (χ0) is 15.1. The minimum Gasteiger partial charge on any atom is -0.490 e. The molecule has 0 bridgehead atoms. The van der Waals surface area contributed by atoms with Gasteiger partial charge in [-0.1, -0.05) is 12.1 Å². The lowest BCUT2D eigenvalue weighted by molar-refractivity contribution is -0.134. The number of carbonyl (C=O) groups is 1. The van der Waals surface area contributed by atoms with Crippen LogP contribution in [0.1, 0.15) is 19.8 Å². The van der Waals surface area contributed by atoms with Crippen molar-refractivity contribution in [1.82, 2.24) is 10.2 Å². The molecule has 1 amide bonds. The first-order valence-corrected chi connectivity index (χ1v) is 7.53. The summed E-state index contributed by atoms with van der Waals surface area (Å²) in [5, 5.41) is 3.30. The second-order valence-electron chi connectivity index (χ2n) is 5.15. The van der Waals surface area contributed by atoms with Crippen molar-refractivity contribution in [1.29, 1.82) is 0 Å². The van der Waals surface area contributed by atoms with Gasteiger partial charge in [-0.15, -0.1) is 0 Å². The first-order chi connectivity index (χ1) is 10.2. The van der Waals surface area contributed by atoms with Gasteiger partial charge in [0.05, 0.1) is 6.61 Å². The highest BCUT2D eigenvalue weighted by Gasteiger charge is 2.22. The number of amides is 1. The van der Waals surface area contributed by atoms with Gasteiger partial charge in [0.2, 0.25) is 0 Å². The normalized spacial score (nSPS) is 15.5. The van der Waals surface area contributed by atoms with Gasteiger partial charge >= 0.3 is 0 Å². The Balaban J connectivity index is 1.88. The van der Waals surface area contributed by atoms with Crippen LogP contribution < -0.4 is 14.8 Å². The summed E-state index contributed by atoms with van der Waals surface area (Å²) in [6, 6.07) is 7.74. The highest BCUT2D eigenvalue weighted by atomic mass is 16.5. The lowest BCUT2D eigenvalue weighted by Crippen LogP contribution is -2.45. The molecule has 0 radical (unpaired) electrons. The fourth-order valence-corrected chi connectivity index (χ4v) is 2.48. The summed E-state index contributed by atoms with van der Waals surface area (Å²) in [5.41, 5.74) is 0. The molecule has 1 heterocycles. The summed E-state index contributed by atoms with van der Waals surface area (Å²) in [7, 11) is 1.86. The number of hydrogen-bond acceptors (Lipinski definition) is 4. The quantitative estimate of drug-likeness (QED) is 0.866. The average molecular weight is 292 g/mol. The molecule has 0 unspecified atom stereocenters. The van der Waals surface area contributed by atoms with Crippen LogP contribution in [0.2, 0.25) is 0 Å². The summed E-state index contributed by atoms with van der Waals surface area (Å²) >= 11 is 0. The number of para-hydroxylation sites is 2. The summed E-state index contributed by atoms with van der Waals surface area (Å²) in [6.07, 6.45) is 2.00. The van der Waals surface area contributed by atoms with Crippen LogP contribution in [0.15, 0.2) is 24.3 Å². The standard InChI is InChI=1S/C16H24N2O3/c1-3-20-14-6-4-5-7-15(14)21-12-16(19)18(2)13-8-10-17-11-9-13/h4-7,13,17H,3,8-12H2,1-2H3. The monoisotopic (exact) mass is 292 g/mol. The van der Waals surface area contributed by atoms with Crippen molar-refractivity contribution in [3.63, 3.8) is 0 Å². The van der Waals surface area contributed by atoms with E-state index in [9.17, 15) is 4.79 Å². The lowest BCUT2D eigenvalue weighted by atomic mass is 10.1. The van der Waals surface area contributed by atoms with Gasteiger partial charge in [-0.25, -0.2) is 0 Å². The Kier molecular flexibility index (Phi) is 5.87. The van der Waals surface area contributed by atoms with Crippen molar-refractivity contribution < 1.29 is 14.3 Å². The highest BCUT2D eigenvalue weighted by Crippen LogP contribution is 2.26. The van der Waals surface area contributed by atoms with Gasteiger partial charge in [0, 0.05) is 13.1 Å². The van der Waals surface area contributed by atoms with Crippen LogP contribution in [0.5, 0.6) is 11.5 Å². The maximum atomic E-state index is 12.2. The van der Waals surface area contributed by atoms with Crippen LogP contribution in [-0.2, 0) is 4.79 Å². The summed E-state index contributed by atoms with van der Waals surface area (Å²) in [6.45, 7) is 4.48. The largest absolute Gasteiger partial charge is 0.490 e. The molecule has 116 valence electrons. The number of rotatable bonds is 6. The molecule has 0 aromatic heterocycles. The molecule has 0 saturated carbocycles. The van der Waals surface area contributed by atoms with E-state index < -0.39 is 0 Å². The third kappa shape index (κ3) is 4.36. The number of likely N-dealkylation sites (N-methyl/N-ethyl adjacent to an activating group) is 1. The van der Waals surface area contributed by atoms with Crippen LogP contribution in [0.4, 0.5) is 0 Å². The van der Waals surface area contributed by atoms with Crippen molar-refractivity contribution in [3.05, 3.63) is 24.3 Å². The minimum atomic E-state index is 0.00759. The minimum absolute atomic E-state index is 0.00759. The maximum absolute atomic E-state index is 12.2. The van der Waals surface area contributed by atoms with Crippen molar-refractivity contribution >= 4 is 5.91 Å². The number of nitrogens with one attached hydrogen (secondary N) is 1. The van der Waals surface area contributed by atoms with Gasteiger partial charge in [-0.2, -0.15) is 0 Å².